The van der Waals surface area contributed by atoms with Crippen LogP contribution in [0.4, 0.5) is 0 Å². The maximum absolute atomic E-state index is 11.1. The number of ether oxygens (including phenoxy) is 1. The minimum atomic E-state index is -3.52. The molecule has 2 aliphatic rings. The number of sulfonamides is 1. The van der Waals surface area contributed by atoms with E-state index in [1.165, 1.54) is 12.8 Å². The van der Waals surface area contributed by atoms with Gasteiger partial charge in [-0.15, -0.1) is 0 Å². The molecule has 1 fully saturated rings. The molecule has 4 N–H and O–H groups in total. The number of hydrogen-bond acceptors (Lipinski definition) is 4. The average Bonchev–Trinajstić information content (AvgIpc) is 3.01. The van der Waals surface area contributed by atoms with E-state index in [0.29, 0.717) is 12.5 Å². The number of benzene rings is 1. The third-order valence-electron chi connectivity index (χ3n) is 5.01. The maximum atomic E-state index is 11.1. The fraction of sp³-hybridized carbons (Fsp3) is 0.611. The third kappa shape index (κ3) is 4.67. The number of rotatable bonds is 5. The third-order valence-corrected chi connectivity index (χ3v) is 5.76. The van der Waals surface area contributed by atoms with Gasteiger partial charge in [-0.1, -0.05) is 18.2 Å². The van der Waals surface area contributed by atoms with E-state index >= 15 is 0 Å². The molecule has 1 spiro atoms. The number of nitrogens with two attached hydrogens (primary N) is 1. The van der Waals surface area contributed by atoms with Crippen LogP contribution in [-0.2, 0) is 10.0 Å². The van der Waals surface area contributed by atoms with Crippen LogP contribution in [0.2, 0.25) is 0 Å². The van der Waals surface area contributed by atoms with E-state index in [4.69, 9.17) is 9.88 Å². The van der Waals surface area contributed by atoms with Gasteiger partial charge in [0.1, 0.15) is 11.4 Å². The number of guanidine groups is 1. The molecule has 1 aliphatic heterocycles. The van der Waals surface area contributed by atoms with E-state index in [0.717, 1.165) is 30.6 Å². The lowest BCUT2D eigenvalue weighted by Gasteiger charge is -2.40. The fourth-order valence-electron chi connectivity index (χ4n) is 3.84. The first-order valence-electron chi connectivity index (χ1n) is 9.24. The summed E-state index contributed by atoms with van der Waals surface area (Å²) in [5, 5.41) is 11.7. The lowest BCUT2D eigenvalue weighted by atomic mass is 9.86. The second kappa shape index (κ2) is 7.84. The van der Waals surface area contributed by atoms with Crippen LogP contribution < -0.4 is 20.5 Å². The summed E-state index contributed by atoms with van der Waals surface area (Å²) in [7, 11) is -3.52. The Morgan fingerprint density at radius 3 is 2.77 bits per heavy atom. The highest BCUT2D eigenvalue weighted by atomic mass is 32.2. The van der Waals surface area contributed by atoms with Crippen molar-refractivity contribution in [2.45, 2.75) is 50.7 Å². The molecular formula is C18H28N4O3S. The van der Waals surface area contributed by atoms with Gasteiger partial charge in [-0.3, -0.25) is 4.99 Å². The van der Waals surface area contributed by atoms with Crippen LogP contribution in [-0.4, -0.2) is 38.8 Å². The molecule has 1 aromatic rings. The first-order chi connectivity index (χ1) is 12.4. The Bertz CT molecular complexity index is 757. The van der Waals surface area contributed by atoms with Crippen molar-refractivity contribution in [2.75, 3.05) is 18.8 Å². The Balaban J connectivity index is 1.79. The van der Waals surface area contributed by atoms with Crippen LogP contribution in [0.15, 0.2) is 29.3 Å². The van der Waals surface area contributed by atoms with E-state index in [-0.39, 0.29) is 23.9 Å². The summed E-state index contributed by atoms with van der Waals surface area (Å²) in [6.07, 6.45) is 5.40. The zero-order valence-electron chi connectivity index (χ0n) is 15.2. The Morgan fingerprint density at radius 1 is 1.35 bits per heavy atom. The molecule has 26 heavy (non-hydrogen) atoms. The minimum Gasteiger partial charge on any atom is -0.487 e. The smallest absolute Gasteiger partial charge is 0.210 e. The van der Waals surface area contributed by atoms with Gasteiger partial charge in [-0.2, -0.15) is 0 Å². The number of aliphatic imine (C=N–C) groups is 1. The van der Waals surface area contributed by atoms with E-state index in [1.807, 2.05) is 25.1 Å². The van der Waals surface area contributed by atoms with Crippen molar-refractivity contribution in [1.29, 1.82) is 0 Å². The molecule has 3 rings (SSSR count). The van der Waals surface area contributed by atoms with Crippen LogP contribution in [0, 0.1) is 0 Å². The molecule has 1 saturated carbocycles. The molecule has 1 aliphatic carbocycles. The summed E-state index contributed by atoms with van der Waals surface area (Å²) in [4.78, 5) is 4.38. The van der Waals surface area contributed by atoms with Crippen molar-refractivity contribution in [3.8, 4) is 5.75 Å². The molecule has 1 heterocycles. The predicted octanol–water partition coefficient (Wildman–Crippen LogP) is 1.67. The maximum Gasteiger partial charge on any atom is 0.210 e. The highest BCUT2D eigenvalue weighted by Gasteiger charge is 2.43. The normalized spacial score (nSPS) is 21.9. The zero-order valence-corrected chi connectivity index (χ0v) is 16.0. The van der Waals surface area contributed by atoms with Gasteiger partial charge >= 0.3 is 0 Å². The van der Waals surface area contributed by atoms with Gasteiger partial charge in [0.05, 0.1) is 18.3 Å². The lowest BCUT2D eigenvalue weighted by molar-refractivity contribution is 0.0396. The van der Waals surface area contributed by atoms with Crippen molar-refractivity contribution in [3.63, 3.8) is 0 Å². The first-order valence-corrected chi connectivity index (χ1v) is 11.0. The summed E-state index contributed by atoms with van der Waals surface area (Å²) >= 11 is 0. The highest BCUT2D eigenvalue weighted by molar-refractivity contribution is 7.89. The molecule has 0 amide bonds. The topological polar surface area (TPSA) is 106 Å². The van der Waals surface area contributed by atoms with Gasteiger partial charge in [0, 0.05) is 18.5 Å². The Labute approximate surface area is 155 Å². The Morgan fingerprint density at radius 2 is 2.08 bits per heavy atom. The second-order valence-corrected chi connectivity index (χ2v) is 8.79. The minimum absolute atomic E-state index is 0.0744. The number of para-hydroxylation sites is 1. The second-order valence-electron chi connectivity index (χ2n) is 7.06. The van der Waals surface area contributed by atoms with Crippen LogP contribution >= 0.6 is 0 Å². The van der Waals surface area contributed by atoms with Crippen molar-refractivity contribution >= 4 is 16.0 Å². The largest absolute Gasteiger partial charge is 0.487 e. The van der Waals surface area contributed by atoms with Gasteiger partial charge in [-0.25, -0.2) is 13.6 Å². The SMILES string of the molecule is CCNC(=NCCS(N)(=O)=O)NC1CC2(CCCC2)Oc2ccccc21. The fourth-order valence-corrected chi connectivity index (χ4v) is 4.19. The molecule has 1 aromatic carbocycles. The Hall–Kier alpha value is -1.80. The Kier molecular flexibility index (Phi) is 5.72. The van der Waals surface area contributed by atoms with Gasteiger partial charge in [0.2, 0.25) is 10.0 Å². The summed E-state index contributed by atoms with van der Waals surface area (Å²) in [5.41, 5.74) is 1.01. The molecule has 0 bridgehead atoms. The van der Waals surface area contributed by atoms with E-state index in [2.05, 4.69) is 21.7 Å². The molecule has 7 nitrogen and oxygen atoms in total. The quantitative estimate of drug-likeness (QED) is 0.532. The number of nitrogens with one attached hydrogen (secondary N) is 2. The molecule has 0 radical (unpaired) electrons. The summed E-state index contributed by atoms with van der Waals surface area (Å²) in [6, 6.07) is 8.17. The molecule has 0 saturated heterocycles. The van der Waals surface area contributed by atoms with Crippen LogP contribution in [0.1, 0.15) is 50.6 Å². The van der Waals surface area contributed by atoms with Crippen molar-refractivity contribution in [1.82, 2.24) is 10.6 Å². The molecule has 8 heteroatoms. The summed E-state index contributed by atoms with van der Waals surface area (Å²) < 4.78 is 28.7. The van der Waals surface area contributed by atoms with Crippen molar-refractivity contribution in [2.24, 2.45) is 10.1 Å². The number of fused-ring (bicyclic) bond motifs is 1. The highest BCUT2D eigenvalue weighted by Crippen LogP contribution is 2.46. The predicted molar refractivity (Wildman–Crippen MR) is 103 cm³/mol. The molecule has 144 valence electrons. The molecule has 1 atom stereocenters. The molecule has 0 aromatic heterocycles. The van der Waals surface area contributed by atoms with E-state index in [1.54, 1.807) is 0 Å². The van der Waals surface area contributed by atoms with Gasteiger partial charge in [0.25, 0.3) is 0 Å². The average molecular weight is 381 g/mol. The van der Waals surface area contributed by atoms with Crippen molar-refractivity contribution < 1.29 is 13.2 Å². The lowest BCUT2D eigenvalue weighted by Crippen LogP contribution is -2.46. The van der Waals surface area contributed by atoms with Gasteiger partial charge in [-0.05, 0) is 38.7 Å². The van der Waals surface area contributed by atoms with E-state index in [9.17, 15) is 8.42 Å². The number of nitrogens with zero attached hydrogens (tertiary/aromatic N) is 1. The molecule has 1 unspecified atom stereocenters. The summed E-state index contributed by atoms with van der Waals surface area (Å²) in [5.74, 6) is 1.36. The van der Waals surface area contributed by atoms with E-state index < -0.39 is 10.0 Å². The van der Waals surface area contributed by atoms with Crippen LogP contribution in [0.5, 0.6) is 5.75 Å². The number of hydrogen-bond donors (Lipinski definition) is 3. The zero-order chi connectivity index (χ0) is 18.6. The molecular weight excluding hydrogens is 352 g/mol. The first kappa shape index (κ1) is 19.0. The van der Waals surface area contributed by atoms with Crippen molar-refractivity contribution in [3.05, 3.63) is 29.8 Å². The monoisotopic (exact) mass is 380 g/mol. The standard InChI is InChI=1S/C18H28N4O3S/c1-2-20-17(21-11-12-26(19,23)24)22-15-13-18(9-5-6-10-18)25-16-8-4-3-7-14(15)16/h3-4,7-8,15H,2,5-6,9-13H2,1H3,(H2,19,23,24)(H2,20,21,22). The van der Waals surface area contributed by atoms with Crippen LogP contribution in [0.3, 0.4) is 0 Å². The van der Waals surface area contributed by atoms with Gasteiger partial charge in [0.15, 0.2) is 5.96 Å². The van der Waals surface area contributed by atoms with Crippen LogP contribution in [0.25, 0.3) is 0 Å². The number of primary sulfonamides is 1. The summed E-state index contributed by atoms with van der Waals surface area (Å²) in [6.45, 7) is 2.80. The van der Waals surface area contributed by atoms with Gasteiger partial charge < -0.3 is 15.4 Å².